The molecule has 0 radical (unpaired) electrons. The smallest absolute Gasteiger partial charge is 0.243 e. The zero-order valence-electron chi connectivity index (χ0n) is 19.8. The molecule has 180 valence electrons. The first-order chi connectivity index (χ1) is 16.1. The first-order valence-corrected chi connectivity index (χ1v) is 12.8. The summed E-state index contributed by atoms with van der Waals surface area (Å²) in [6, 6.07) is 20.7. The highest BCUT2D eigenvalue weighted by Crippen LogP contribution is 2.27. The Kier molecular flexibility index (Phi) is 8.17. The van der Waals surface area contributed by atoms with E-state index in [2.05, 4.69) is 5.32 Å². The molecule has 7 nitrogen and oxygen atoms in total. The van der Waals surface area contributed by atoms with E-state index >= 15 is 0 Å². The molecule has 1 N–H and O–H groups in total. The van der Waals surface area contributed by atoms with Gasteiger partial charge in [0.25, 0.3) is 0 Å². The van der Waals surface area contributed by atoms with E-state index in [1.165, 1.54) is 5.56 Å². The van der Waals surface area contributed by atoms with Gasteiger partial charge in [0.15, 0.2) is 0 Å². The zero-order valence-corrected chi connectivity index (χ0v) is 20.6. The van der Waals surface area contributed by atoms with Gasteiger partial charge in [-0.1, -0.05) is 24.3 Å². The van der Waals surface area contributed by atoms with Crippen LogP contribution >= 0.6 is 0 Å². The molecule has 0 aliphatic heterocycles. The van der Waals surface area contributed by atoms with Gasteiger partial charge in [-0.2, -0.15) is 0 Å². The number of amides is 1. The van der Waals surface area contributed by atoms with Crippen LogP contribution in [-0.4, -0.2) is 39.8 Å². The van der Waals surface area contributed by atoms with Crippen molar-refractivity contribution in [2.75, 3.05) is 23.7 Å². The SMILES string of the molecule is Cc1ccc(OCCNC(=O)[C@@H](C)N(c2ccc(Oc3ccccc3)cc2)S(C)(=O)=O)cc1C. The Hall–Kier alpha value is -3.52. The predicted octanol–water partition coefficient (Wildman–Crippen LogP) is 4.45. The fraction of sp³-hybridized carbons (Fsp3) is 0.269. The van der Waals surface area contributed by atoms with Crippen molar-refractivity contribution in [3.63, 3.8) is 0 Å². The Labute approximate surface area is 201 Å². The number of carbonyl (C=O) groups is 1. The summed E-state index contributed by atoms with van der Waals surface area (Å²) in [5.41, 5.74) is 2.67. The summed E-state index contributed by atoms with van der Waals surface area (Å²) in [5, 5.41) is 2.75. The van der Waals surface area contributed by atoms with Crippen molar-refractivity contribution >= 4 is 21.6 Å². The standard InChI is InChI=1S/C26H30N2O5S/c1-19-10-13-25(18-20(19)2)32-17-16-27-26(29)21(3)28(34(4,30)31)22-11-14-24(15-12-22)33-23-8-6-5-7-9-23/h5-15,18,21H,16-17H2,1-4H3,(H,27,29)/t21-/m1/s1. The van der Waals surface area contributed by atoms with Gasteiger partial charge in [0.2, 0.25) is 15.9 Å². The predicted molar refractivity (Wildman–Crippen MR) is 134 cm³/mol. The maximum atomic E-state index is 12.7. The maximum absolute atomic E-state index is 12.7. The van der Waals surface area contributed by atoms with Crippen LogP contribution in [0.1, 0.15) is 18.1 Å². The van der Waals surface area contributed by atoms with Crippen molar-refractivity contribution in [1.29, 1.82) is 0 Å². The molecule has 0 heterocycles. The number of hydrogen-bond donors (Lipinski definition) is 1. The molecule has 0 saturated carbocycles. The number of hydrogen-bond acceptors (Lipinski definition) is 5. The third kappa shape index (κ3) is 6.74. The number of anilines is 1. The van der Waals surface area contributed by atoms with E-state index in [4.69, 9.17) is 9.47 Å². The van der Waals surface area contributed by atoms with E-state index in [9.17, 15) is 13.2 Å². The summed E-state index contributed by atoms with van der Waals surface area (Å²) in [6.07, 6.45) is 1.08. The van der Waals surface area contributed by atoms with Crippen LogP contribution in [0.5, 0.6) is 17.2 Å². The minimum absolute atomic E-state index is 0.248. The summed E-state index contributed by atoms with van der Waals surface area (Å²) in [6.45, 7) is 6.10. The normalized spacial score (nSPS) is 12.0. The molecule has 8 heteroatoms. The number of rotatable bonds is 10. The Morgan fingerprint density at radius 1 is 0.912 bits per heavy atom. The average Bonchev–Trinajstić information content (AvgIpc) is 2.80. The van der Waals surface area contributed by atoms with E-state index in [-0.39, 0.29) is 13.2 Å². The van der Waals surface area contributed by atoms with Gasteiger partial charge in [-0.15, -0.1) is 0 Å². The molecular formula is C26H30N2O5S. The van der Waals surface area contributed by atoms with Gasteiger partial charge in [-0.3, -0.25) is 9.10 Å². The number of carbonyl (C=O) groups excluding carboxylic acids is 1. The van der Waals surface area contributed by atoms with E-state index in [0.717, 1.165) is 21.9 Å². The molecule has 3 aromatic carbocycles. The van der Waals surface area contributed by atoms with Crippen LogP contribution < -0.4 is 19.1 Å². The van der Waals surface area contributed by atoms with Crippen molar-refractivity contribution in [2.24, 2.45) is 0 Å². The Morgan fingerprint density at radius 2 is 1.53 bits per heavy atom. The first-order valence-electron chi connectivity index (χ1n) is 11.0. The fourth-order valence-electron chi connectivity index (χ4n) is 3.39. The Morgan fingerprint density at radius 3 is 2.15 bits per heavy atom. The molecule has 0 bridgehead atoms. The van der Waals surface area contributed by atoms with Crippen LogP contribution in [0, 0.1) is 13.8 Å². The van der Waals surface area contributed by atoms with Gasteiger partial charge < -0.3 is 14.8 Å². The van der Waals surface area contributed by atoms with Gasteiger partial charge >= 0.3 is 0 Å². The van der Waals surface area contributed by atoms with Crippen molar-refractivity contribution in [1.82, 2.24) is 5.32 Å². The molecule has 1 atom stereocenters. The molecule has 0 aliphatic rings. The molecule has 0 unspecified atom stereocenters. The van der Waals surface area contributed by atoms with Crippen molar-refractivity contribution in [3.8, 4) is 17.2 Å². The van der Waals surface area contributed by atoms with Gasteiger partial charge in [-0.25, -0.2) is 8.42 Å². The number of aryl methyl sites for hydroxylation is 2. The second-order valence-corrected chi connectivity index (χ2v) is 9.89. The van der Waals surface area contributed by atoms with Crippen molar-refractivity contribution in [3.05, 3.63) is 83.9 Å². The van der Waals surface area contributed by atoms with E-state index in [1.807, 2.05) is 62.4 Å². The van der Waals surface area contributed by atoms with Gasteiger partial charge in [0.05, 0.1) is 18.5 Å². The average molecular weight is 483 g/mol. The minimum Gasteiger partial charge on any atom is -0.492 e. The molecule has 0 aromatic heterocycles. The molecule has 3 aromatic rings. The van der Waals surface area contributed by atoms with E-state index in [0.29, 0.717) is 17.2 Å². The highest BCUT2D eigenvalue weighted by molar-refractivity contribution is 7.92. The Bertz CT molecular complexity index is 1210. The van der Waals surface area contributed by atoms with Gasteiger partial charge in [-0.05, 0) is 80.4 Å². The zero-order chi connectivity index (χ0) is 24.7. The van der Waals surface area contributed by atoms with Gasteiger partial charge in [0.1, 0.15) is 29.9 Å². The van der Waals surface area contributed by atoms with E-state index in [1.54, 1.807) is 31.2 Å². The lowest BCUT2D eigenvalue weighted by Crippen LogP contribution is -2.48. The highest BCUT2D eigenvalue weighted by Gasteiger charge is 2.29. The number of benzene rings is 3. The lowest BCUT2D eigenvalue weighted by atomic mass is 10.1. The second-order valence-electron chi connectivity index (χ2n) is 8.03. The fourth-order valence-corrected chi connectivity index (χ4v) is 4.56. The van der Waals surface area contributed by atoms with Crippen LogP contribution in [0.25, 0.3) is 0 Å². The lowest BCUT2D eigenvalue weighted by molar-refractivity contribution is -0.121. The van der Waals surface area contributed by atoms with Crippen molar-refractivity contribution in [2.45, 2.75) is 26.8 Å². The molecule has 0 saturated heterocycles. The number of sulfonamides is 1. The summed E-state index contributed by atoms with van der Waals surface area (Å²) in [7, 11) is -3.72. The molecular weight excluding hydrogens is 452 g/mol. The van der Waals surface area contributed by atoms with Crippen LogP contribution in [-0.2, 0) is 14.8 Å². The Balaban J connectivity index is 1.61. The number of ether oxygens (including phenoxy) is 2. The molecule has 34 heavy (non-hydrogen) atoms. The molecule has 0 spiro atoms. The third-order valence-corrected chi connectivity index (χ3v) is 6.55. The molecule has 0 fully saturated rings. The summed E-state index contributed by atoms with van der Waals surface area (Å²) in [5.74, 6) is 1.54. The maximum Gasteiger partial charge on any atom is 0.243 e. The lowest BCUT2D eigenvalue weighted by Gasteiger charge is -2.28. The van der Waals surface area contributed by atoms with E-state index < -0.39 is 22.0 Å². The highest BCUT2D eigenvalue weighted by atomic mass is 32.2. The molecule has 1 amide bonds. The summed E-state index contributed by atoms with van der Waals surface area (Å²) < 4.78 is 37.6. The second kappa shape index (κ2) is 11.1. The van der Waals surface area contributed by atoms with Crippen LogP contribution in [0.2, 0.25) is 0 Å². The van der Waals surface area contributed by atoms with Crippen LogP contribution in [0.4, 0.5) is 5.69 Å². The minimum atomic E-state index is -3.72. The third-order valence-electron chi connectivity index (χ3n) is 5.31. The summed E-state index contributed by atoms with van der Waals surface area (Å²) >= 11 is 0. The number of para-hydroxylation sites is 1. The quantitative estimate of drug-likeness (QED) is 0.432. The number of nitrogens with one attached hydrogen (secondary N) is 1. The van der Waals surface area contributed by atoms with Crippen molar-refractivity contribution < 1.29 is 22.7 Å². The van der Waals surface area contributed by atoms with Crippen LogP contribution in [0.15, 0.2) is 72.8 Å². The molecule has 3 rings (SSSR count). The van der Waals surface area contributed by atoms with Gasteiger partial charge in [0, 0.05) is 0 Å². The van der Waals surface area contributed by atoms with Crippen LogP contribution in [0.3, 0.4) is 0 Å². The number of nitrogens with zero attached hydrogens (tertiary/aromatic N) is 1. The monoisotopic (exact) mass is 482 g/mol. The topological polar surface area (TPSA) is 84.9 Å². The summed E-state index contributed by atoms with van der Waals surface area (Å²) in [4.78, 5) is 12.7. The largest absolute Gasteiger partial charge is 0.492 e. The first kappa shape index (κ1) is 25.1. The molecule has 0 aliphatic carbocycles.